The highest BCUT2D eigenvalue weighted by atomic mass is 32.2. The van der Waals surface area contributed by atoms with Crippen LogP contribution in [0.4, 0.5) is 5.69 Å². The van der Waals surface area contributed by atoms with Gasteiger partial charge in [0.1, 0.15) is 4.32 Å². The molecule has 0 saturated carbocycles. The molecule has 2 aromatic carbocycles. The van der Waals surface area contributed by atoms with E-state index < -0.39 is 0 Å². The highest BCUT2D eigenvalue weighted by Gasteiger charge is 2.31. The van der Waals surface area contributed by atoms with E-state index in [1.165, 1.54) is 16.7 Å². The fraction of sp³-hybridized carbons (Fsp3) is 0.174. The van der Waals surface area contributed by atoms with Crippen LogP contribution in [0, 0.1) is 13.8 Å². The van der Waals surface area contributed by atoms with Crippen LogP contribution in [-0.2, 0) is 9.59 Å². The third-order valence-electron chi connectivity index (χ3n) is 4.65. The summed E-state index contributed by atoms with van der Waals surface area (Å²) in [6.07, 6.45) is 5.73. The van der Waals surface area contributed by atoms with Gasteiger partial charge in [0.15, 0.2) is 0 Å². The van der Waals surface area contributed by atoms with Gasteiger partial charge in [0.25, 0.3) is 5.91 Å². The van der Waals surface area contributed by atoms with Crippen LogP contribution in [-0.4, -0.2) is 27.6 Å². The highest BCUT2D eigenvalue weighted by molar-refractivity contribution is 8.26. The lowest BCUT2D eigenvalue weighted by atomic mass is 10.1. The second kappa shape index (κ2) is 9.67. The van der Waals surface area contributed by atoms with Gasteiger partial charge in [0.2, 0.25) is 5.91 Å². The summed E-state index contributed by atoms with van der Waals surface area (Å²) < 4.78 is 0.480. The fourth-order valence-corrected chi connectivity index (χ4v) is 4.09. The molecule has 29 heavy (non-hydrogen) atoms. The first kappa shape index (κ1) is 21.0. The summed E-state index contributed by atoms with van der Waals surface area (Å²) in [5.74, 6) is -0.294. The maximum absolute atomic E-state index is 12.6. The summed E-state index contributed by atoms with van der Waals surface area (Å²) in [5, 5.41) is 2.92. The van der Waals surface area contributed by atoms with Crippen LogP contribution in [0.2, 0.25) is 0 Å². The second-order valence-electron chi connectivity index (χ2n) is 6.67. The predicted molar refractivity (Wildman–Crippen MR) is 125 cm³/mol. The molecule has 1 fully saturated rings. The molecule has 4 nitrogen and oxygen atoms in total. The molecule has 2 aromatic rings. The van der Waals surface area contributed by atoms with Crippen molar-refractivity contribution >= 4 is 51.9 Å². The van der Waals surface area contributed by atoms with Crippen molar-refractivity contribution < 1.29 is 9.59 Å². The van der Waals surface area contributed by atoms with Crippen LogP contribution in [0.1, 0.15) is 23.1 Å². The number of rotatable bonds is 6. The normalized spacial score (nSPS) is 15.5. The Morgan fingerprint density at radius 1 is 1.14 bits per heavy atom. The molecule has 0 bridgehead atoms. The van der Waals surface area contributed by atoms with Gasteiger partial charge in [-0.05, 0) is 42.7 Å². The number of benzene rings is 2. The summed E-state index contributed by atoms with van der Waals surface area (Å²) in [6, 6.07) is 15.6. The molecule has 0 aromatic heterocycles. The summed E-state index contributed by atoms with van der Waals surface area (Å²) in [7, 11) is 0. The molecule has 3 rings (SSSR count). The molecule has 1 saturated heterocycles. The van der Waals surface area contributed by atoms with Gasteiger partial charge in [0.05, 0.1) is 4.91 Å². The fourth-order valence-electron chi connectivity index (χ4n) is 2.83. The Bertz CT molecular complexity index is 997. The molecular formula is C23H22N2O2S2. The van der Waals surface area contributed by atoms with Crippen molar-refractivity contribution in [2.75, 3.05) is 11.9 Å². The minimum Gasteiger partial charge on any atom is -0.326 e. The van der Waals surface area contributed by atoms with E-state index in [1.54, 1.807) is 6.08 Å². The van der Waals surface area contributed by atoms with Gasteiger partial charge >= 0.3 is 0 Å². The molecule has 0 unspecified atom stereocenters. The Hall–Kier alpha value is -2.70. The molecule has 6 heteroatoms. The number of carbonyl (C=O) groups is 2. The number of allylic oxidation sites excluding steroid dienone is 2. The number of carbonyl (C=O) groups excluding carboxylic acids is 2. The molecule has 1 N–H and O–H groups in total. The van der Waals surface area contributed by atoms with Gasteiger partial charge in [0, 0.05) is 18.7 Å². The Labute approximate surface area is 180 Å². The lowest BCUT2D eigenvalue weighted by molar-refractivity contribution is -0.122. The number of hydrogen-bond donors (Lipinski definition) is 1. The van der Waals surface area contributed by atoms with E-state index in [0.29, 0.717) is 9.23 Å². The molecule has 1 aliphatic heterocycles. The van der Waals surface area contributed by atoms with Crippen LogP contribution in [0.25, 0.3) is 6.08 Å². The topological polar surface area (TPSA) is 49.4 Å². The molecular weight excluding hydrogens is 400 g/mol. The van der Waals surface area contributed by atoms with Crippen LogP contribution >= 0.6 is 24.0 Å². The van der Waals surface area contributed by atoms with E-state index in [0.717, 1.165) is 22.4 Å². The minimum absolute atomic E-state index is 0.138. The zero-order chi connectivity index (χ0) is 20.8. The predicted octanol–water partition coefficient (Wildman–Crippen LogP) is 5.09. The first-order valence-electron chi connectivity index (χ1n) is 9.29. The SMILES string of the molecule is Cc1cccc(NC(=O)CCN2C(=O)/C(=C/C=C/c3ccccc3)SC2=S)c1C. The number of aryl methyl sites for hydroxylation is 1. The van der Waals surface area contributed by atoms with Crippen molar-refractivity contribution in [3.8, 4) is 0 Å². The number of hydrogen-bond acceptors (Lipinski definition) is 4. The van der Waals surface area contributed by atoms with E-state index in [4.69, 9.17) is 12.2 Å². The van der Waals surface area contributed by atoms with Crippen LogP contribution < -0.4 is 5.32 Å². The number of anilines is 1. The van der Waals surface area contributed by atoms with Gasteiger partial charge in [-0.2, -0.15) is 0 Å². The molecule has 0 radical (unpaired) electrons. The van der Waals surface area contributed by atoms with Crippen molar-refractivity contribution in [2.45, 2.75) is 20.3 Å². The van der Waals surface area contributed by atoms with Crippen molar-refractivity contribution in [2.24, 2.45) is 0 Å². The maximum Gasteiger partial charge on any atom is 0.266 e. The van der Waals surface area contributed by atoms with E-state index in [2.05, 4.69) is 5.32 Å². The summed E-state index contributed by atoms with van der Waals surface area (Å²) in [5.41, 5.74) is 4.02. The number of thiocarbonyl (C=S) groups is 1. The van der Waals surface area contributed by atoms with Crippen molar-refractivity contribution in [3.63, 3.8) is 0 Å². The third-order valence-corrected chi connectivity index (χ3v) is 6.05. The monoisotopic (exact) mass is 422 g/mol. The first-order chi connectivity index (χ1) is 14.0. The molecule has 2 amide bonds. The Balaban J connectivity index is 1.57. The standard InChI is InChI=1S/C23H22N2O2S2/c1-16-8-6-12-19(17(16)2)24-21(26)14-15-25-22(27)20(29-23(25)28)13-7-11-18-9-4-3-5-10-18/h3-13H,14-15H2,1-2H3,(H,24,26)/b11-7+,20-13-. The zero-order valence-corrected chi connectivity index (χ0v) is 18.0. The van der Waals surface area contributed by atoms with Gasteiger partial charge in [-0.15, -0.1) is 0 Å². The Kier molecular flexibility index (Phi) is 7.01. The van der Waals surface area contributed by atoms with Gasteiger partial charge in [-0.3, -0.25) is 14.5 Å². The first-order valence-corrected chi connectivity index (χ1v) is 10.5. The number of amides is 2. The summed E-state index contributed by atoms with van der Waals surface area (Å²) in [4.78, 5) is 27.0. The smallest absolute Gasteiger partial charge is 0.266 e. The largest absolute Gasteiger partial charge is 0.326 e. The van der Waals surface area contributed by atoms with Crippen LogP contribution in [0.3, 0.4) is 0 Å². The lowest BCUT2D eigenvalue weighted by Crippen LogP contribution is -2.31. The summed E-state index contributed by atoms with van der Waals surface area (Å²) >= 11 is 6.59. The van der Waals surface area contributed by atoms with Crippen molar-refractivity contribution in [3.05, 3.63) is 82.3 Å². The maximum atomic E-state index is 12.6. The molecule has 1 aliphatic rings. The average molecular weight is 423 g/mol. The van der Waals surface area contributed by atoms with Crippen molar-refractivity contribution in [1.82, 2.24) is 4.90 Å². The third kappa shape index (κ3) is 5.43. The average Bonchev–Trinajstić information content (AvgIpc) is 2.98. The number of nitrogens with one attached hydrogen (secondary N) is 1. The van der Waals surface area contributed by atoms with Gasteiger partial charge in [-0.25, -0.2) is 0 Å². The van der Waals surface area contributed by atoms with Crippen molar-refractivity contribution in [1.29, 1.82) is 0 Å². The van der Waals surface area contributed by atoms with E-state index in [9.17, 15) is 9.59 Å². The molecule has 1 heterocycles. The van der Waals surface area contributed by atoms with E-state index >= 15 is 0 Å². The van der Waals surface area contributed by atoms with Gasteiger partial charge < -0.3 is 5.32 Å². The van der Waals surface area contributed by atoms with E-state index in [1.807, 2.05) is 74.5 Å². The quantitative estimate of drug-likeness (QED) is 0.520. The van der Waals surface area contributed by atoms with E-state index in [-0.39, 0.29) is 24.8 Å². The van der Waals surface area contributed by atoms with Gasteiger partial charge in [-0.1, -0.05) is 78.6 Å². The molecule has 0 atom stereocenters. The molecule has 0 spiro atoms. The zero-order valence-electron chi connectivity index (χ0n) is 16.3. The highest BCUT2D eigenvalue weighted by Crippen LogP contribution is 2.31. The van der Waals surface area contributed by atoms with Crippen LogP contribution in [0.15, 0.2) is 65.6 Å². The molecule has 148 valence electrons. The second-order valence-corrected chi connectivity index (χ2v) is 8.35. The lowest BCUT2D eigenvalue weighted by Gasteiger charge is -2.15. The number of thioether (sulfide) groups is 1. The number of nitrogens with zero attached hydrogens (tertiary/aromatic N) is 1. The summed E-state index contributed by atoms with van der Waals surface area (Å²) in [6.45, 7) is 4.24. The Morgan fingerprint density at radius 2 is 1.90 bits per heavy atom. The molecule has 0 aliphatic carbocycles. The Morgan fingerprint density at radius 3 is 2.66 bits per heavy atom. The minimum atomic E-state index is -0.155. The van der Waals surface area contributed by atoms with Crippen LogP contribution in [0.5, 0.6) is 0 Å².